The van der Waals surface area contributed by atoms with Gasteiger partial charge in [0.1, 0.15) is 0 Å². The summed E-state index contributed by atoms with van der Waals surface area (Å²) in [6.45, 7) is 8.08. The minimum absolute atomic E-state index is 0.0521. The van der Waals surface area contributed by atoms with Gasteiger partial charge in [0.2, 0.25) is 0 Å². The molecule has 0 saturated carbocycles. The second-order valence-corrected chi connectivity index (χ2v) is 5.45. The maximum atomic E-state index is 9.02. The molecule has 1 fully saturated rings. The molecule has 1 saturated heterocycles. The number of rotatable bonds is 4. The van der Waals surface area contributed by atoms with E-state index in [9.17, 15) is 0 Å². The van der Waals surface area contributed by atoms with Crippen LogP contribution in [0.2, 0.25) is 0 Å². The van der Waals surface area contributed by atoms with Gasteiger partial charge in [-0.2, -0.15) is 0 Å². The zero-order valence-corrected chi connectivity index (χ0v) is 10.1. The molecule has 0 aromatic carbocycles. The van der Waals surface area contributed by atoms with E-state index in [-0.39, 0.29) is 36.5 Å². The van der Waals surface area contributed by atoms with Crippen molar-refractivity contribution in [1.29, 1.82) is 0 Å². The predicted octanol–water partition coefficient (Wildman–Crippen LogP) is 0.275. The van der Waals surface area contributed by atoms with Gasteiger partial charge in [-0.15, -0.1) is 0 Å². The van der Waals surface area contributed by atoms with Crippen LogP contribution in [-0.4, -0.2) is 46.7 Å². The molecule has 0 aromatic rings. The molecule has 0 bridgehead atoms. The second kappa shape index (κ2) is 4.37. The van der Waals surface area contributed by atoms with E-state index in [0.717, 1.165) is 6.42 Å². The fraction of sp³-hybridized carbons (Fsp3) is 1.00. The third kappa shape index (κ3) is 3.14. The van der Waals surface area contributed by atoms with Gasteiger partial charge in [-0.25, -0.2) is 0 Å². The molecule has 0 amide bonds. The lowest BCUT2D eigenvalue weighted by molar-refractivity contribution is -0.0711. The Labute approximate surface area is 91.6 Å². The molecule has 4 nitrogen and oxygen atoms in total. The van der Waals surface area contributed by atoms with Crippen molar-refractivity contribution >= 4 is 0 Å². The molecular formula is C11H23NO3. The largest absolute Gasteiger partial charge is 0.395 e. The summed E-state index contributed by atoms with van der Waals surface area (Å²) in [7, 11) is 0. The Morgan fingerprint density at radius 3 is 2.13 bits per heavy atom. The summed E-state index contributed by atoms with van der Waals surface area (Å²) >= 11 is 0. The topological polar surface area (TPSA) is 61.7 Å². The lowest BCUT2D eigenvalue weighted by Gasteiger charge is -2.30. The molecule has 1 aliphatic heterocycles. The van der Waals surface area contributed by atoms with Gasteiger partial charge in [0.05, 0.1) is 30.5 Å². The standard InChI is InChI=1S/C11H23NO3/c1-10(2)5-9(11(3,4)15-10)12-8(6-13)7-14/h8-9,12-14H,5-7H2,1-4H3/t9-/m1/s1. The van der Waals surface area contributed by atoms with Crippen LogP contribution in [0.5, 0.6) is 0 Å². The quantitative estimate of drug-likeness (QED) is 0.633. The first-order chi connectivity index (χ1) is 6.80. The van der Waals surface area contributed by atoms with Crippen molar-refractivity contribution in [2.45, 2.75) is 57.4 Å². The zero-order valence-electron chi connectivity index (χ0n) is 10.1. The van der Waals surface area contributed by atoms with Crippen molar-refractivity contribution in [2.24, 2.45) is 0 Å². The van der Waals surface area contributed by atoms with Crippen molar-refractivity contribution in [1.82, 2.24) is 5.32 Å². The van der Waals surface area contributed by atoms with Crippen LogP contribution in [0.25, 0.3) is 0 Å². The van der Waals surface area contributed by atoms with Crippen LogP contribution in [-0.2, 0) is 4.74 Å². The monoisotopic (exact) mass is 217 g/mol. The van der Waals surface area contributed by atoms with Crippen molar-refractivity contribution in [2.75, 3.05) is 13.2 Å². The van der Waals surface area contributed by atoms with Gasteiger partial charge in [0, 0.05) is 6.04 Å². The van der Waals surface area contributed by atoms with Gasteiger partial charge in [-0.3, -0.25) is 0 Å². The van der Waals surface area contributed by atoms with Crippen molar-refractivity contribution in [3.8, 4) is 0 Å². The molecule has 1 heterocycles. The summed E-state index contributed by atoms with van der Waals surface area (Å²) in [5.41, 5.74) is -0.400. The fourth-order valence-electron chi connectivity index (χ4n) is 2.27. The van der Waals surface area contributed by atoms with Crippen LogP contribution in [0.1, 0.15) is 34.1 Å². The minimum Gasteiger partial charge on any atom is -0.395 e. The van der Waals surface area contributed by atoms with Crippen LogP contribution < -0.4 is 5.32 Å². The van der Waals surface area contributed by atoms with Crippen LogP contribution in [0.3, 0.4) is 0 Å². The highest BCUT2D eigenvalue weighted by Crippen LogP contribution is 2.37. The number of aliphatic hydroxyl groups is 2. The predicted molar refractivity (Wildman–Crippen MR) is 58.7 cm³/mol. The molecule has 0 unspecified atom stereocenters. The highest BCUT2D eigenvalue weighted by Gasteiger charge is 2.46. The van der Waals surface area contributed by atoms with E-state index >= 15 is 0 Å². The second-order valence-electron chi connectivity index (χ2n) is 5.45. The van der Waals surface area contributed by atoms with Gasteiger partial charge in [0.15, 0.2) is 0 Å². The lowest BCUT2D eigenvalue weighted by atomic mass is 9.94. The molecule has 15 heavy (non-hydrogen) atoms. The van der Waals surface area contributed by atoms with Crippen molar-refractivity contribution in [3.63, 3.8) is 0 Å². The van der Waals surface area contributed by atoms with Gasteiger partial charge in [0.25, 0.3) is 0 Å². The Morgan fingerprint density at radius 2 is 1.80 bits per heavy atom. The third-order valence-corrected chi connectivity index (χ3v) is 2.95. The summed E-state index contributed by atoms with van der Waals surface area (Å²) in [5.74, 6) is 0. The minimum atomic E-state index is -0.258. The Morgan fingerprint density at radius 1 is 1.27 bits per heavy atom. The molecule has 4 heteroatoms. The van der Waals surface area contributed by atoms with E-state index in [4.69, 9.17) is 14.9 Å². The summed E-state index contributed by atoms with van der Waals surface area (Å²) in [5, 5.41) is 21.3. The normalized spacial score (nSPS) is 28.6. The smallest absolute Gasteiger partial charge is 0.0787 e. The highest BCUT2D eigenvalue weighted by atomic mass is 16.5. The van der Waals surface area contributed by atoms with E-state index in [2.05, 4.69) is 19.2 Å². The first kappa shape index (κ1) is 12.9. The average molecular weight is 217 g/mol. The fourth-order valence-corrected chi connectivity index (χ4v) is 2.27. The zero-order chi connectivity index (χ0) is 11.7. The Hall–Kier alpha value is -0.160. The average Bonchev–Trinajstić information content (AvgIpc) is 2.30. The molecule has 1 aliphatic rings. The van der Waals surface area contributed by atoms with Crippen LogP contribution >= 0.6 is 0 Å². The number of ether oxygens (including phenoxy) is 1. The number of hydrogen-bond acceptors (Lipinski definition) is 4. The molecule has 3 N–H and O–H groups in total. The maximum Gasteiger partial charge on any atom is 0.0787 e. The highest BCUT2D eigenvalue weighted by molar-refractivity contribution is 4.99. The van der Waals surface area contributed by atoms with E-state index in [1.807, 2.05) is 13.8 Å². The molecular weight excluding hydrogens is 194 g/mol. The van der Waals surface area contributed by atoms with E-state index in [1.165, 1.54) is 0 Å². The van der Waals surface area contributed by atoms with Gasteiger partial charge < -0.3 is 20.3 Å². The summed E-state index contributed by atoms with van der Waals surface area (Å²) in [6, 6.07) is -0.0939. The number of hydrogen-bond donors (Lipinski definition) is 3. The van der Waals surface area contributed by atoms with Crippen LogP contribution in [0.15, 0.2) is 0 Å². The molecule has 0 spiro atoms. The lowest BCUT2D eigenvalue weighted by Crippen LogP contribution is -2.50. The summed E-state index contributed by atoms with van der Waals surface area (Å²) < 4.78 is 5.91. The van der Waals surface area contributed by atoms with Gasteiger partial charge in [-0.1, -0.05) is 0 Å². The Kier molecular flexibility index (Phi) is 3.76. The number of aliphatic hydroxyl groups excluding tert-OH is 2. The molecule has 0 aliphatic carbocycles. The van der Waals surface area contributed by atoms with E-state index in [1.54, 1.807) is 0 Å². The van der Waals surface area contributed by atoms with E-state index in [0.29, 0.717) is 0 Å². The van der Waals surface area contributed by atoms with Crippen LogP contribution in [0, 0.1) is 0 Å². The molecule has 0 radical (unpaired) electrons. The van der Waals surface area contributed by atoms with Crippen LogP contribution in [0.4, 0.5) is 0 Å². The maximum absolute atomic E-state index is 9.02. The third-order valence-electron chi connectivity index (χ3n) is 2.95. The Balaban J connectivity index is 2.62. The van der Waals surface area contributed by atoms with Crippen molar-refractivity contribution in [3.05, 3.63) is 0 Å². The first-order valence-electron chi connectivity index (χ1n) is 5.49. The molecule has 1 atom stereocenters. The molecule has 90 valence electrons. The molecule has 0 aromatic heterocycles. The van der Waals surface area contributed by atoms with Gasteiger partial charge in [-0.05, 0) is 34.1 Å². The SMILES string of the molecule is CC1(C)C[C@@H](NC(CO)CO)C(C)(C)O1. The van der Waals surface area contributed by atoms with Crippen molar-refractivity contribution < 1.29 is 14.9 Å². The molecule has 1 rings (SSSR count). The summed E-state index contributed by atoms with van der Waals surface area (Å²) in [4.78, 5) is 0. The summed E-state index contributed by atoms with van der Waals surface area (Å²) in [6.07, 6.45) is 0.885. The van der Waals surface area contributed by atoms with E-state index < -0.39 is 0 Å². The number of nitrogens with one attached hydrogen (secondary N) is 1. The first-order valence-corrected chi connectivity index (χ1v) is 5.49. The van der Waals surface area contributed by atoms with Gasteiger partial charge >= 0.3 is 0 Å². The Bertz CT molecular complexity index is 212.